The van der Waals surface area contributed by atoms with E-state index in [0.717, 1.165) is 38.4 Å². The largest absolute Gasteiger partial charge is 0.403 e. The number of aromatic amines is 1. The number of amidine groups is 1. The number of nitrogens with zero attached hydrogens (tertiary/aromatic N) is 4. The number of hydrogen-bond donors (Lipinski definition) is 1. The fourth-order valence-corrected chi connectivity index (χ4v) is 3.77. The van der Waals surface area contributed by atoms with Gasteiger partial charge in [-0.1, -0.05) is 42.4 Å². The van der Waals surface area contributed by atoms with Gasteiger partial charge in [0.15, 0.2) is 0 Å². The average molecular weight is 438 g/mol. The number of H-pyrrole nitrogens is 1. The lowest BCUT2D eigenvalue weighted by atomic mass is 10.1. The van der Waals surface area contributed by atoms with Crippen molar-refractivity contribution in [2.45, 2.75) is 26.2 Å². The molecular weight excluding hydrogens is 410 g/mol. The van der Waals surface area contributed by atoms with Crippen LogP contribution in [0, 0.1) is 0 Å². The molecule has 32 heavy (non-hydrogen) atoms. The molecule has 0 spiro atoms. The van der Waals surface area contributed by atoms with E-state index in [1.165, 1.54) is 11.6 Å². The molecule has 9 nitrogen and oxygen atoms in total. The summed E-state index contributed by atoms with van der Waals surface area (Å²) in [6, 6.07) is 11.4. The first-order chi connectivity index (χ1) is 15.5. The second-order valence-electron chi connectivity index (χ2n) is 7.87. The van der Waals surface area contributed by atoms with Gasteiger partial charge in [-0.25, -0.2) is 4.79 Å². The lowest BCUT2D eigenvalue weighted by molar-refractivity contribution is 0.205. The zero-order chi connectivity index (χ0) is 22.5. The molecule has 0 amide bonds. The zero-order valence-corrected chi connectivity index (χ0v) is 18.3. The SMILES string of the molecule is CCc1cc(=O)oc2nc(O/N=C(\CCc3ccccc3)N3CCN(C)CC3)[nH]c(=O)c12. The Morgan fingerprint density at radius 1 is 1.19 bits per heavy atom. The monoisotopic (exact) mass is 437 g/mol. The summed E-state index contributed by atoms with van der Waals surface area (Å²) < 4.78 is 5.13. The van der Waals surface area contributed by atoms with Crippen LogP contribution in [0.5, 0.6) is 6.01 Å². The average Bonchev–Trinajstić information content (AvgIpc) is 2.79. The number of likely N-dealkylation sites (N-methyl/N-ethyl adjacent to an activating group) is 1. The van der Waals surface area contributed by atoms with Crippen LogP contribution >= 0.6 is 0 Å². The number of benzene rings is 1. The van der Waals surface area contributed by atoms with Gasteiger partial charge in [0, 0.05) is 38.7 Å². The summed E-state index contributed by atoms with van der Waals surface area (Å²) in [7, 11) is 2.09. The van der Waals surface area contributed by atoms with Crippen LogP contribution in [0.2, 0.25) is 0 Å². The van der Waals surface area contributed by atoms with Crippen molar-refractivity contribution in [2.75, 3.05) is 33.2 Å². The Kier molecular flexibility index (Phi) is 6.65. The van der Waals surface area contributed by atoms with Gasteiger partial charge in [-0.2, -0.15) is 4.98 Å². The van der Waals surface area contributed by atoms with E-state index in [1.807, 2.05) is 25.1 Å². The molecule has 3 heterocycles. The molecule has 9 heteroatoms. The molecule has 1 fully saturated rings. The Balaban J connectivity index is 1.60. The maximum atomic E-state index is 12.6. The van der Waals surface area contributed by atoms with Gasteiger partial charge in [-0.3, -0.25) is 9.78 Å². The fraction of sp³-hybridized carbons (Fsp3) is 0.391. The van der Waals surface area contributed by atoms with Gasteiger partial charge < -0.3 is 19.1 Å². The summed E-state index contributed by atoms with van der Waals surface area (Å²) in [4.78, 5) is 41.2. The molecule has 4 rings (SSSR count). The van der Waals surface area contributed by atoms with Crippen LogP contribution in [0.4, 0.5) is 0 Å². The third kappa shape index (κ3) is 5.05. The van der Waals surface area contributed by atoms with Crippen molar-refractivity contribution in [2.24, 2.45) is 5.16 Å². The van der Waals surface area contributed by atoms with E-state index in [0.29, 0.717) is 18.4 Å². The summed E-state index contributed by atoms with van der Waals surface area (Å²) in [5, 5.41) is 4.60. The Hall–Kier alpha value is -3.46. The van der Waals surface area contributed by atoms with Crippen LogP contribution in [-0.2, 0) is 12.8 Å². The van der Waals surface area contributed by atoms with Crippen molar-refractivity contribution < 1.29 is 9.25 Å². The highest BCUT2D eigenvalue weighted by atomic mass is 16.6. The highest BCUT2D eigenvalue weighted by molar-refractivity contribution is 5.82. The first-order valence-electron chi connectivity index (χ1n) is 10.8. The quantitative estimate of drug-likeness (QED) is 0.357. The molecule has 0 bridgehead atoms. The first kappa shape index (κ1) is 21.8. The number of oxime groups is 1. The van der Waals surface area contributed by atoms with Crippen LogP contribution in [-0.4, -0.2) is 58.8 Å². The number of hydrogen-bond acceptors (Lipinski definition) is 7. The minimum absolute atomic E-state index is 0.0475. The van der Waals surface area contributed by atoms with Gasteiger partial charge in [0.25, 0.3) is 5.56 Å². The van der Waals surface area contributed by atoms with Crippen molar-refractivity contribution in [3.05, 3.63) is 68.3 Å². The van der Waals surface area contributed by atoms with E-state index >= 15 is 0 Å². The standard InChI is InChI=1S/C23H27N5O4/c1-3-17-15-19(29)31-22-20(17)21(30)24-23(25-22)32-26-18(28-13-11-27(2)12-14-28)10-9-16-7-5-4-6-8-16/h4-8,15H,3,9-14H2,1-2H3,(H,24,25,30)/b26-18+. The molecule has 168 valence electrons. The molecule has 0 saturated carbocycles. The van der Waals surface area contributed by atoms with Crippen molar-refractivity contribution in [3.8, 4) is 6.01 Å². The lowest BCUT2D eigenvalue weighted by Gasteiger charge is -2.34. The maximum Gasteiger partial charge on any atom is 0.337 e. The van der Waals surface area contributed by atoms with E-state index in [9.17, 15) is 9.59 Å². The van der Waals surface area contributed by atoms with Crippen molar-refractivity contribution in [3.63, 3.8) is 0 Å². The van der Waals surface area contributed by atoms with Crippen molar-refractivity contribution in [1.29, 1.82) is 0 Å². The number of fused-ring (bicyclic) bond motifs is 1. The van der Waals surface area contributed by atoms with E-state index in [2.05, 4.69) is 44.1 Å². The highest BCUT2D eigenvalue weighted by Crippen LogP contribution is 2.14. The number of aryl methyl sites for hydroxylation is 2. The number of aromatic nitrogens is 2. The fourth-order valence-electron chi connectivity index (χ4n) is 3.77. The van der Waals surface area contributed by atoms with Gasteiger partial charge in [-0.15, -0.1) is 0 Å². The molecule has 3 aromatic rings. The number of rotatable bonds is 6. The number of nitrogens with one attached hydrogen (secondary N) is 1. The molecule has 0 aliphatic carbocycles. The van der Waals surface area contributed by atoms with Gasteiger partial charge in [0.05, 0.1) is 0 Å². The summed E-state index contributed by atoms with van der Waals surface area (Å²) in [6.45, 7) is 5.39. The minimum atomic E-state index is -0.553. The van der Waals surface area contributed by atoms with E-state index in [1.54, 1.807) is 0 Å². The molecule has 1 aromatic carbocycles. The molecule has 1 aliphatic heterocycles. The molecule has 1 N–H and O–H groups in total. The van der Waals surface area contributed by atoms with Gasteiger partial charge >= 0.3 is 11.6 Å². The molecular formula is C23H27N5O4. The normalized spacial score (nSPS) is 15.3. The predicted octanol–water partition coefficient (Wildman–Crippen LogP) is 2.01. The highest BCUT2D eigenvalue weighted by Gasteiger charge is 2.19. The predicted molar refractivity (Wildman–Crippen MR) is 122 cm³/mol. The van der Waals surface area contributed by atoms with Crippen molar-refractivity contribution in [1.82, 2.24) is 19.8 Å². The summed E-state index contributed by atoms with van der Waals surface area (Å²) in [6.07, 6.45) is 2.00. The van der Waals surface area contributed by atoms with E-state index in [4.69, 9.17) is 9.25 Å². The molecule has 1 saturated heterocycles. The van der Waals surface area contributed by atoms with Gasteiger partial charge in [0.2, 0.25) is 5.71 Å². The smallest absolute Gasteiger partial charge is 0.337 e. The molecule has 0 radical (unpaired) electrons. The van der Waals surface area contributed by atoms with E-state index in [-0.39, 0.29) is 17.1 Å². The van der Waals surface area contributed by atoms with Crippen LogP contribution < -0.4 is 16.0 Å². The molecule has 0 atom stereocenters. The first-order valence-corrected chi connectivity index (χ1v) is 10.8. The van der Waals surface area contributed by atoms with Gasteiger partial charge in [-0.05, 0) is 31.0 Å². The Morgan fingerprint density at radius 2 is 1.94 bits per heavy atom. The third-order valence-electron chi connectivity index (χ3n) is 5.64. The third-order valence-corrected chi connectivity index (χ3v) is 5.64. The second-order valence-corrected chi connectivity index (χ2v) is 7.87. The maximum absolute atomic E-state index is 12.6. The minimum Gasteiger partial charge on any atom is -0.403 e. The topological polar surface area (TPSA) is 104 Å². The van der Waals surface area contributed by atoms with Crippen molar-refractivity contribution >= 4 is 16.9 Å². The Labute approximate surface area is 185 Å². The Morgan fingerprint density at radius 3 is 2.66 bits per heavy atom. The molecule has 0 unspecified atom stereocenters. The molecule has 1 aliphatic rings. The van der Waals surface area contributed by atoms with Crippen LogP contribution in [0.3, 0.4) is 0 Å². The summed E-state index contributed by atoms with van der Waals surface area (Å²) >= 11 is 0. The Bertz CT molecular complexity index is 1210. The van der Waals surface area contributed by atoms with Crippen LogP contribution in [0.1, 0.15) is 24.5 Å². The summed E-state index contributed by atoms with van der Waals surface area (Å²) in [5.74, 6) is 0.786. The van der Waals surface area contributed by atoms with E-state index < -0.39 is 11.2 Å². The van der Waals surface area contributed by atoms with Gasteiger partial charge in [0.1, 0.15) is 11.2 Å². The summed E-state index contributed by atoms with van der Waals surface area (Å²) in [5.41, 5.74) is 0.768. The van der Waals surface area contributed by atoms with Crippen LogP contribution in [0.25, 0.3) is 11.1 Å². The zero-order valence-electron chi connectivity index (χ0n) is 18.3. The lowest BCUT2D eigenvalue weighted by Crippen LogP contribution is -2.47. The number of piperazine rings is 1. The van der Waals surface area contributed by atoms with Crippen LogP contribution in [0.15, 0.2) is 55.6 Å². The second kappa shape index (κ2) is 9.78. The molecule has 2 aromatic heterocycles.